The highest BCUT2D eigenvalue weighted by atomic mass is 32.2. The Morgan fingerprint density at radius 1 is 1.04 bits per heavy atom. The number of benzene rings is 1. The van der Waals surface area contributed by atoms with Gasteiger partial charge < -0.3 is 14.2 Å². The molecule has 3 aliphatic rings. The first-order valence-corrected chi connectivity index (χ1v) is 9.18. The number of carbonyl (C=O) groups is 1. The highest BCUT2D eigenvalue weighted by Gasteiger charge is 2.55. The van der Waals surface area contributed by atoms with Gasteiger partial charge in [0.05, 0.1) is 19.6 Å². The third kappa shape index (κ3) is 2.90. The highest BCUT2D eigenvalue weighted by Crippen LogP contribution is 2.55. The molecule has 2 heterocycles. The summed E-state index contributed by atoms with van der Waals surface area (Å²) in [5.41, 5.74) is 1.06. The molecule has 1 atom stereocenters. The van der Waals surface area contributed by atoms with Gasteiger partial charge in [-0.3, -0.25) is 4.79 Å². The van der Waals surface area contributed by atoms with Crippen molar-refractivity contribution >= 4 is 17.7 Å². The molecule has 2 aliphatic heterocycles. The SMILES string of the molecule is Cc1ccc(SC2OC(=O)CC23CCC2(CC3)OCCO2)cc1. The van der Waals surface area contributed by atoms with Crippen molar-refractivity contribution in [1.29, 1.82) is 0 Å². The highest BCUT2D eigenvalue weighted by molar-refractivity contribution is 7.99. The van der Waals surface area contributed by atoms with Gasteiger partial charge >= 0.3 is 5.97 Å². The summed E-state index contributed by atoms with van der Waals surface area (Å²) >= 11 is 1.68. The van der Waals surface area contributed by atoms with Crippen LogP contribution < -0.4 is 0 Å². The zero-order valence-electron chi connectivity index (χ0n) is 13.4. The number of thioether (sulfide) groups is 1. The summed E-state index contributed by atoms with van der Waals surface area (Å²) < 4.78 is 17.3. The van der Waals surface area contributed by atoms with E-state index in [-0.39, 0.29) is 16.8 Å². The molecule has 0 N–H and O–H groups in total. The van der Waals surface area contributed by atoms with Crippen LogP contribution in [-0.4, -0.2) is 30.4 Å². The Morgan fingerprint density at radius 3 is 2.35 bits per heavy atom. The van der Waals surface area contributed by atoms with Gasteiger partial charge in [-0.05, 0) is 31.9 Å². The number of rotatable bonds is 2. The molecule has 1 aromatic carbocycles. The van der Waals surface area contributed by atoms with Crippen LogP contribution in [0.4, 0.5) is 0 Å². The lowest BCUT2D eigenvalue weighted by Gasteiger charge is -2.42. The molecule has 1 unspecified atom stereocenters. The molecule has 4 rings (SSSR count). The van der Waals surface area contributed by atoms with Gasteiger partial charge in [0.1, 0.15) is 0 Å². The van der Waals surface area contributed by atoms with E-state index < -0.39 is 5.79 Å². The summed E-state index contributed by atoms with van der Waals surface area (Å²) in [5, 5.41) is 0. The molecule has 1 aromatic rings. The summed E-state index contributed by atoms with van der Waals surface area (Å²) in [6.45, 7) is 3.45. The quantitative estimate of drug-likeness (QED) is 0.772. The molecule has 124 valence electrons. The predicted molar refractivity (Wildman–Crippen MR) is 87.1 cm³/mol. The smallest absolute Gasteiger partial charge is 0.307 e. The molecule has 23 heavy (non-hydrogen) atoms. The zero-order chi connectivity index (χ0) is 15.9. The number of esters is 1. The molecule has 4 nitrogen and oxygen atoms in total. The van der Waals surface area contributed by atoms with Crippen molar-refractivity contribution in [3.8, 4) is 0 Å². The summed E-state index contributed by atoms with van der Waals surface area (Å²) in [7, 11) is 0. The molecule has 0 bridgehead atoms. The lowest BCUT2D eigenvalue weighted by Crippen LogP contribution is -2.42. The van der Waals surface area contributed by atoms with E-state index in [4.69, 9.17) is 14.2 Å². The van der Waals surface area contributed by atoms with Gasteiger partial charge in [0.2, 0.25) is 0 Å². The Morgan fingerprint density at radius 2 is 1.70 bits per heavy atom. The summed E-state index contributed by atoms with van der Waals surface area (Å²) in [5.74, 6) is -0.463. The molecule has 2 spiro atoms. The molecular formula is C18H22O4S. The average Bonchev–Trinajstić information content (AvgIpc) is 3.11. The maximum absolute atomic E-state index is 12.0. The Labute approximate surface area is 140 Å². The second kappa shape index (κ2) is 5.80. The summed E-state index contributed by atoms with van der Waals surface area (Å²) in [4.78, 5) is 13.1. The third-order valence-corrected chi connectivity index (χ3v) is 6.67. The van der Waals surface area contributed by atoms with Gasteiger partial charge in [0, 0.05) is 23.2 Å². The molecule has 1 aliphatic carbocycles. The van der Waals surface area contributed by atoms with E-state index in [1.165, 1.54) is 5.56 Å². The Bertz CT molecular complexity index is 582. The zero-order valence-corrected chi connectivity index (χ0v) is 14.2. The van der Waals surface area contributed by atoms with E-state index in [0.717, 1.165) is 30.6 Å². The first-order valence-electron chi connectivity index (χ1n) is 8.30. The minimum Gasteiger partial charge on any atom is -0.450 e. The number of hydrogen-bond donors (Lipinski definition) is 0. The minimum absolute atomic E-state index is 0.0705. The molecule has 1 saturated carbocycles. The number of carbonyl (C=O) groups excluding carboxylic acids is 1. The Kier molecular flexibility index (Phi) is 3.90. The first kappa shape index (κ1) is 15.5. The van der Waals surface area contributed by atoms with Crippen LogP contribution >= 0.6 is 11.8 Å². The molecule has 5 heteroatoms. The maximum atomic E-state index is 12.0. The summed E-state index contributed by atoms with van der Waals surface area (Å²) in [6.07, 6.45) is 4.07. The molecule has 2 saturated heterocycles. The van der Waals surface area contributed by atoms with Crippen LogP contribution in [0.1, 0.15) is 37.7 Å². The van der Waals surface area contributed by atoms with Crippen molar-refractivity contribution in [3.63, 3.8) is 0 Å². The summed E-state index contributed by atoms with van der Waals surface area (Å²) in [6, 6.07) is 8.41. The Hall–Kier alpha value is -1.04. The lowest BCUT2D eigenvalue weighted by molar-refractivity contribution is -0.192. The molecular weight excluding hydrogens is 312 g/mol. The average molecular weight is 334 g/mol. The van der Waals surface area contributed by atoms with E-state index in [1.807, 2.05) is 0 Å². The van der Waals surface area contributed by atoms with Gasteiger partial charge in [-0.1, -0.05) is 29.5 Å². The van der Waals surface area contributed by atoms with Crippen LogP contribution in [0, 0.1) is 12.3 Å². The monoisotopic (exact) mass is 334 g/mol. The fourth-order valence-corrected chi connectivity index (χ4v) is 5.14. The fraction of sp³-hybridized carbons (Fsp3) is 0.611. The van der Waals surface area contributed by atoms with Crippen molar-refractivity contribution < 1.29 is 19.0 Å². The second-order valence-corrected chi connectivity index (χ2v) is 8.03. The van der Waals surface area contributed by atoms with Crippen molar-refractivity contribution in [2.45, 2.75) is 55.1 Å². The molecule has 0 aromatic heterocycles. The van der Waals surface area contributed by atoms with Crippen molar-refractivity contribution in [2.75, 3.05) is 13.2 Å². The van der Waals surface area contributed by atoms with Crippen molar-refractivity contribution in [2.24, 2.45) is 5.41 Å². The van der Waals surface area contributed by atoms with E-state index in [2.05, 4.69) is 31.2 Å². The van der Waals surface area contributed by atoms with Crippen LogP contribution in [0.2, 0.25) is 0 Å². The van der Waals surface area contributed by atoms with E-state index >= 15 is 0 Å². The van der Waals surface area contributed by atoms with Gasteiger partial charge in [-0.15, -0.1) is 0 Å². The Balaban J connectivity index is 1.50. The number of hydrogen-bond acceptors (Lipinski definition) is 5. The van der Waals surface area contributed by atoms with Crippen molar-refractivity contribution in [3.05, 3.63) is 29.8 Å². The normalized spacial score (nSPS) is 28.4. The van der Waals surface area contributed by atoms with Gasteiger partial charge in [-0.25, -0.2) is 0 Å². The fourth-order valence-electron chi connectivity index (χ4n) is 3.87. The minimum atomic E-state index is -0.393. The molecule has 0 radical (unpaired) electrons. The third-order valence-electron chi connectivity index (χ3n) is 5.32. The molecule has 3 fully saturated rings. The number of ether oxygens (including phenoxy) is 3. The maximum Gasteiger partial charge on any atom is 0.307 e. The van der Waals surface area contributed by atoms with Gasteiger partial charge in [0.15, 0.2) is 11.2 Å². The number of aryl methyl sites for hydroxylation is 1. The first-order chi connectivity index (χ1) is 11.1. The molecule has 0 amide bonds. The lowest BCUT2D eigenvalue weighted by atomic mass is 9.71. The van der Waals surface area contributed by atoms with Crippen LogP contribution in [0.25, 0.3) is 0 Å². The number of cyclic esters (lactones) is 1. The standard InChI is InChI=1S/C18H22O4S/c1-13-2-4-14(5-3-13)23-16-17(12-15(19)22-16)6-8-18(9-7-17)20-10-11-21-18/h2-5,16H,6-12H2,1H3. The van der Waals surface area contributed by atoms with Crippen LogP contribution in [0.5, 0.6) is 0 Å². The van der Waals surface area contributed by atoms with E-state index in [9.17, 15) is 4.79 Å². The van der Waals surface area contributed by atoms with Crippen LogP contribution in [0.3, 0.4) is 0 Å². The van der Waals surface area contributed by atoms with Gasteiger partial charge in [-0.2, -0.15) is 0 Å². The van der Waals surface area contributed by atoms with Crippen molar-refractivity contribution in [1.82, 2.24) is 0 Å². The van der Waals surface area contributed by atoms with E-state index in [0.29, 0.717) is 19.6 Å². The predicted octanol–water partition coefficient (Wildman–Crippen LogP) is 3.66. The van der Waals surface area contributed by atoms with E-state index in [1.54, 1.807) is 11.8 Å². The largest absolute Gasteiger partial charge is 0.450 e. The second-order valence-electron chi connectivity index (χ2n) is 6.90. The van der Waals surface area contributed by atoms with Crippen LogP contribution in [-0.2, 0) is 19.0 Å². The van der Waals surface area contributed by atoms with Crippen LogP contribution in [0.15, 0.2) is 29.2 Å². The van der Waals surface area contributed by atoms with Gasteiger partial charge in [0.25, 0.3) is 0 Å². The topological polar surface area (TPSA) is 44.8 Å².